The van der Waals surface area contributed by atoms with E-state index in [1.165, 1.54) is 12.1 Å². The Morgan fingerprint density at radius 3 is 2.53 bits per heavy atom. The summed E-state index contributed by atoms with van der Waals surface area (Å²) in [6, 6.07) is 9.94. The van der Waals surface area contributed by atoms with E-state index >= 15 is 4.39 Å². The number of benzene rings is 2. The second-order valence-corrected chi connectivity index (χ2v) is 11.4. The Bertz CT molecular complexity index is 1290. The Morgan fingerprint density at radius 1 is 1.12 bits per heavy atom. The van der Waals surface area contributed by atoms with Gasteiger partial charge >= 0.3 is 0 Å². The van der Waals surface area contributed by atoms with Crippen LogP contribution in [0.3, 0.4) is 0 Å². The maximum Gasteiger partial charge on any atom is 0.253 e. The first-order valence-corrected chi connectivity index (χ1v) is 15.1. The summed E-state index contributed by atoms with van der Waals surface area (Å²) in [7, 11) is 1.61. The van der Waals surface area contributed by atoms with Gasteiger partial charge in [0.1, 0.15) is 11.6 Å². The van der Waals surface area contributed by atoms with Crippen LogP contribution in [0.15, 0.2) is 30.3 Å². The van der Waals surface area contributed by atoms with Gasteiger partial charge in [-0.1, -0.05) is 0 Å². The number of rotatable bonds is 11. The number of nitrogens with zero attached hydrogens (tertiary/aromatic N) is 3. The number of nitriles is 1. The zero-order chi connectivity index (χ0) is 30.1. The molecule has 2 aromatic carbocycles. The normalized spacial score (nSPS) is 16.7. The molecule has 0 unspecified atom stereocenters. The number of halogens is 2. The van der Waals surface area contributed by atoms with Crippen LogP contribution in [0.2, 0.25) is 0 Å². The summed E-state index contributed by atoms with van der Waals surface area (Å²) in [5.74, 6) is -0.346. The minimum absolute atomic E-state index is 0. The summed E-state index contributed by atoms with van der Waals surface area (Å²) in [6.07, 6.45) is 5.58. The highest BCUT2D eigenvalue weighted by Gasteiger charge is 2.29. The summed E-state index contributed by atoms with van der Waals surface area (Å²) in [6.45, 7) is 7.87. The topological polar surface area (TPSA) is 94.9 Å². The van der Waals surface area contributed by atoms with E-state index in [0.29, 0.717) is 55.2 Å². The lowest BCUT2D eigenvalue weighted by Crippen LogP contribution is -2.52. The van der Waals surface area contributed by atoms with Gasteiger partial charge in [0.25, 0.3) is 5.91 Å². The molecule has 0 aromatic heterocycles. The Kier molecular flexibility index (Phi) is 13.2. The summed E-state index contributed by atoms with van der Waals surface area (Å²) in [5, 5.41) is 13.5. The Morgan fingerprint density at radius 2 is 1.88 bits per heavy atom. The van der Waals surface area contributed by atoms with Crippen molar-refractivity contribution in [3.05, 3.63) is 52.8 Å². The number of carbonyl (C=O) groups excluding carboxylic acids is 2. The van der Waals surface area contributed by atoms with Crippen molar-refractivity contribution in [1.82, 2.24) is 15.1 Å². The maximum atomic E-state index is 15.4. The number of hydrogen-bond acceptors (Lipinski definition) is 6. The summed E-state index contributed by atoms with van der Waals surface area (Å²) >= 11 is 0. The highest BCUT2D eigenvalue weighted by Crippen LogP contribution is 2.36. The van der Waals surface area contributed by atoms with E-state index in [1.54, 1.807) is 30.2 Å². The molecule has 2 heterocycles. The molecule has 1 N–H and O–H groups in total. The van der Waals surface area contributed by atoms with Crippen molar-refractivity contribution in [3.63, 3.8) is 0 Å². The number of hydrogen-bond donors (Lipinski definition) is 1. The van der Waals surface area contributed by atoms with Crippen molar-refractivity contribution in [2.75, 3.05) is 46.5 Å². The molecule has 0 bridgehead atoms. The molecule has 0 spiro atoms. The van der Waals surface area contributed by atoms with Crippen LogP contribution in [0.1, 0.15) is 73.9 Å². The Labute approximate surface area is 260 Å². The van der Waals surface area contributed by atoms with Gasteiger partial charge in [-0.05, 0) is 88.4 Å². The minimum Gasteiger partial charge on any atom is -0.493 e. The summed E-state index contributed by atoms with van der Waals surface area (Å²) in [5.41, 5.74) is 1.77. The average Bonchev–Trinajstić information content (AvgIpc) is 3.00. The quantitative estimate of drug-likeness (QED) is 0.343. The molecule has 2 fully saturated rings. The van der Waals surface area contributed by atoms with Crippen LogP contribution in [-0.2, 0) is 16.0 Å². The third-order valence-electron chi connectivity index (χ3n) is 8.07. The van der Waals surface area contributed by atoms with Crippen LogP contribution in [0.4, 0.5) is 4.39 Å². The van der Waals surface area contributed by atoms with E-state index in [4.69, 9.17) is 9.47 Å². The van der Waals surface area contributed by atoms with E-state index < -0.39 is 5.82 Å². The van der Waals surface area contributed by atoms with Gasteiger partial charge in [-0.15, -0.1) is 12.4 Å². The van der Waals surface area contributed by atoms with Gasteiger partial charge in [-0.25, -0.2) is 4.39 Å². The lowest BCUT2D eigenvalue weighted by molar-refractivity contribution is -0.135. The lowest BCUT2D eigenvalue weighted by atomic mass is 9.94. The predicted molar refractivity (Wildman–Crippen MR) is 167 cm³/mol. The van der Waals surface area contributed by atoms with Gasteiger partial charge < -0.3 is 24.6 Å². The standard InChI is InChI=1S/C33H43FN4O4.ClH/c1-23(2)38(27-9-7-12-36-22-27)32(39)20-25-19-31(42-16-8-15-41-3)29(18-26(25)21-35)28-17-24(10-11-30(28)34)33(40)37-13-5-4-6-14-37;/h10-11,17-19,23,27,36H,4-9,12-16,20,22H2,1-3H3;1H/t27-;/m1./s1. The van der Waals surface area contributed by atoms with E-state index in [1.807, 2.05) is 18.7 Å². The zero-order valence-electron chi connectivity index (χ0n) is 25.5. The van der Waals surface area contributed by atoms with Gasteiger partial charge in [-0.3, -0.25) is 9.59 Å². The number of piperidine rings is 2. The second kappa shape index (κ2) is 16.6. The first kappa shape index (κ1) is 34.3. The number of likely N-dealkylation sites (tertiary alicyclic amines) is 1. The van der Waals surface area contributed by atoms with Gasteiger partial charge in [-0.2, -0.15) is 5.26 Å². The molecule has 0 radical (unpaired) electrons. The zero-order valence-corrected chi connectivity index (χ0v) is 26.3. The van der Waals surface area contributed by atoms with Crippen LogP contribution in [0.5, 0.6) is 5.75 Å². The highest BCUT2D eigenvalue weighted by molar-refractivity contribution is 5.96. The number of amides is 2. The largest absolute Gasteiger partial charge is 0.493 e. The molecule has 2 aliphatic heterocycles. The number of nitrogens with one attached hydrogen (secondary N) is 1. The monoisotopic (exact) mass is 614 g/mol. The molecule has 234 valence electrons. The van der Waals surface area contributed by atoms with Crippen LogP contribution in [-0.4, -0.2) is 80.2 Å². The molecule has 8 nitrogen and oxygen atoms in total. The van der Waals surface area contributed by atoms with Gasteiger partial charge in [0.2, 0.25) is 5.91 Å². The molecule has 2 aliphatic rings. The first-order valence-electron chi connectivity index (χ1n) is 15.1. The number of methoxy groups -OCH3 is 1. The van der Waals surface area contributed by atoms with Crippen LogP contribution in [0, 0.1) is 17.1 Å². The summed E-state index contributed by atoms with van der Waals surface area (Å²) < 4.78 is 26.7. The molecule has 0 saturated carbocycles. The van der Waals surface area contributed by atoms with Gasteiger partial charge in [0.15, 0.2) is 0 Å². The van der Waals surface area contributed by atoms with Crippen molar-refractivity contribution in [1.29, 1.82) is 5.26 Å². The lowest BCUT2D eigenvalue weighted by Gasteiger charge is -2.37. The molecular weight excluding hydrogens is 571 g/mol. The minimum atomic E-state index is -0.518. The van der Waals surface area contributed by atoms with Gasteiger partial charge in [0, 0.05) is 68.5 Å². The van der Waals surface area contributed by atoms with E-state index in [9.17, 15) is 14.9 Å². The second-order valence-electron chi connectivity index (χ2n) is 11.4. The number of ether oxygens (including phenoxy) is 2. The Balaban J connectivity index is 0.00000506. The smallest absolute Gasteiger partial charge is 0.253 e. The predicted octanol–water partition coefficient (Wildman–Crippen LogP) is 5.36. The maximum absolute atomic E-state index is 15.4. The van der Waals surface area contributed by atoms with E-state index in [2.05, 4.69) is 11.4 Å². The van der Waals surface area contributed by atoms with Crippen molar-refractivity contribution >= 4 is 24.2 Å². The van der Waals surface area contributed by atoms with Gasteiger partial charge in [0.05, 0.1) is 24.7 Å². The molecule has 2 amide bonds. The fraction of sp³-hybridized carbons (Fsp3) is 0.545. The Hall–Kier alpha value is -3.19. The number of carbonyl (C=O) groups is 2. The molecule has 2 aromatic rings. The van der Waals surface area contributed by atoms with Crippen LogP contribution in [0.25, 0.3) is 11.1 Å². The third-order valence-corrected chi connectivity index (χ3v) is 8.07. The third kappa shape index (κ3) is 8.69. The average molecular weight is 615 g/mol. The SMILES string of the molecule is COCCCOc1cc(CC(=O)N(C(C)C)[C@@H]2CCCNC2)c(C#N)cc1-c1cc(C(=O)N2CCCCC2)ccc1F.Cl. The van der Waals surface area contributed by atoms with Crippen LogP contribution < -0.4 is 10.1 Å². The molecule has 4 rings (SSSR count). The fourth-order valence-electron chi connectivity index (χ4n) is 5.97. The van der Waals surface area contributed by atoms with Crippen LogP contribution >= 0.6 is 12.4 Å². The highest BCUT2D eigenvalue weighted by atomic mass is 35.5. The fourth-order valence-corrected chi connectivity index (χ4v) is 5.97. The molecular formula is C33H44ClFN4O4. The van der Waals surface area contributed by atoms with E-state index in [0.717, 1.165) is 45.2 Å². The molecule has 43 heavy (non-hydrogen) atoms. The molecule has 1 atom stereocenters. The molecule has 2 saturated heterocycles. The summed E-state index contributed by atoms with van der Waals surface area (Å²) in [4.78, 5) is 30.6. The van der Waals surface area contributed by atoms with Crippen molar-refractivity contribution < 1.29 is 23.5 Å². The molecule has 10 heteroatoms. The van der Waals surface area contributed by atoms with Crippen molar-refractivity contribution in [3.8, 4) is 22.9 Å². The first-order chi connectivity index (χ1) is 20.3. The van der Waals surface area contributed by atoms with Crippen molar-refractivity contribution in [2.45, 2.75) is 70.9 Å². The van der Waals surface area contributed by atoms with E-state index in [-0.39, 0.29) is 53.9 Å². The molecule has 0 aliphatic carbocycles. The van der Waals surface area contributed by atoms with Crippen molar-refractivity contribution in [2.24, 2.45) is 0 Å².